The molecule has 0 bridgehead atoms. The van der Waals surface area contributed by atoms with Crippen molar-refractivity contribution in [3.8, 4) is 0 Å². The van der Waals surface area contributed by atoms with Crippen molar-refractivity contribution in [2.75, 3.05) is 6.26 Å². The first-order valence-electron chi connectivity index (χ1n) is 6.99. The van der Waals surface area contributed by atoms with Crippen LogP contribution in [0.3, 0.4) is 0 Å². The molecule has 0 radical (unpaired) electrons. The maximum Gasteiger partial charge on any atom is 0.251 e. The van der Waals surface area contributed by atoms with Crippen LogP contribution in [0.1, 0.15) is 43.0 Å². The zero-order chi connectivity index (χ0) is 14.8. The third-order valence-corrected chi connectivity index (χ3v) is 5.06. The van der Waals surface area contributed by atoms with E-state index in [0.29, 0.717) is 11.5 Å². The van der Waals surface area contributed by atoms with E-state index in [9.17, 15) is 13.2 Å². The van der Waals surface area contributed by atoms with Gasteiger partial charge in [-0.2, -0.15) is 0 Å². The number of carbonyl (C=O) groups excluding carboxylic acids is 1. The molecule has 110 valence electrons. The number of benzene rings is 1. The van der Waals surface area contributed by atoms with Gasteiger partial charge in [0.05, 0.1) is 4.90 Å². The van der Waals surface area contributed by atoms with E-state index in [4.69, 9.17) is 0 Å². The van der Waals surface area contributed by atoms with Crippen molar-refractivity contribution in [2.45, 2.75) is 43.5 Å². The largest absolute Gasteiger partial charge is 0.349 e. The van der Waals surface area contributed by atoms with E-state index in [1.54, 1.807) is 12.1 Å². The maximum absolute atomic E-state index is 12.2. The van der Waals surface area contributed by atoms with E-state index >= 15 is 0 Å². The normalized spacial score (nSPS) is 23.3. The minimum Gasteiger partial charge on any atom is -0.349 e. The molecule has 0 aromatic heterocycles. The highest BCUT2D eigenvalue weighted by molar-refractivity contribution is 7.90. The summed E-state index contributed by atoms with van der Waals surface area (Å²) >= 11 is 0. The first-order chi connectivity index (χ1) is 9.38. The Kier molecular flexibility index (Phi) is 4.48. The van der Waals surface area contributed by atoms with E-state index in [2.05, 4.69) is 12.2 Å². The summed E-state index contributed by atoms with van der Waals surface area (Å²) in [6.07, 6.45) is 5.63. The van der Waals surface area contributed by atoms with Gasteiger partial charge >= 0.3 is 0 Å². The van der Waals surface area contributed by atoms with E-state index < -0.39 is 9.84 Å². The zero-order valence-corrected chi connectivity index (χ0v) is 12.7. The van der Waals surface area contributed by atoms with Gasteiger partial charge in [-0.15, -0.1) is 0 Å². The van der Waals surface area contributed by atoms with Crippen LogP contribution in [-0.2, 0) is 9.84 Å². The Morgan fingerprint density at radius 1 is 1.25 bits per heavy atom. The van der Waals surface area contributed by atoms with Crippen LogP contribution in [0.2, 0.25) is 0 Å². The average Bonchev–Trinajstić information content (AvgIpc) is 2.40. The van der Waals surface area contributed by atoms with Gasteiger partial charge in [0.25, 0.3) is 5.91 Å². The standard InChI is InChI=1S/C15H21NO3S/c1-11-6-3-4-9-14(11)16-15(17)12-7-5-8-13(10-12)20(2,18)19/h5,7-8,10-11,14H,3-4,6,9H2,1-2H3,(H,16,17)/t11-,14-/m1/s1. The second-order valence-electron chi connectivity index (χ2n) is 5.64. The molecule has 4 nitrogen and oxygen atoms in total. The van der Waals surface area contributed by atoms with Crippen LogP contribution in [0.5, 0.6) is 0 Å². The minimum atomic E-state index is -3.28. The predicted molar refractivity (Wildman–Crippen MR) is 78.4 cm³/mol. The van der Waals surface area contributed by atoms with Gasteiger partial charge in [-0.25, -0.2) is 8.42 Å². The number of nitrogens with one attached hydrogen (secondary N) is 1. The van der Waals surface area contributed by atoms with Gasteiger partial charge in [0, 0.05) is 17.9 Å². The Morgan fingerprint density at radius 2 is 1.95 bits per heavy atom. The van der Waals surface area contributed by atoms with Gasteiger partial charge in [-0.05, 0) is 37.0 Å². The fourth-order valence-electron chi connectivity index (χ4n) is 2.65. The van der Waals surface area contributed by atoms with Crippen LogP contribution >= 0.6 is 0 Å². The van der Waals surface area contributed by atoms with Crippen LogP contribution in [0.15, 0.2) is 29.2 Å². The van der Waals surface area contributed by atoms with Crippen molar-refractivity contribution in [2.24, 2.45) is 5.92 Å². The second-order valence-corrected chi connectivity index (χ2v) is 7.66. The average molecular weight is 295 g/mol. The lowest BCUT2D eigenvalue weighted by Crippen LogP contribution is -2.41. The lowest BCUT2D eigenvalue weighted by atomic mass is 9.86. The molecule has 0 heterocycles. The van der Waals surface area contributed by atoms with E-state index in [-0.39, 0.29) is 16.8 Å². The minimum absolute atomic E-state index is 0.182. The molecular weight excluding hydrogens is 274 g/mol. The lowest BCUT2D eigenvalue weighted by Gasteiger charge is -2.29. The van der Waals surface area contributed by atoms with Gasteiger partial charge in [0.15, 0.2) is 9.84 Å². The molecule has 20 heavy (non-hydrogen) atoms. The quantitative estimate of drug-likeness (QED) is 0.931. The van der Waals surface area contributed by atoms with Crippen molar-refractivity contribution in [1.82, 2.24) is 5.32 Å². The van der Waals surface area contributed by atoms with Crippen LogP contribution < -0.4 is 5.32 Å². The molecule has 1 amide bonds. The number of rotatable bonds is 3. The first kappa shape index (κ1) is 15.0. The molecule has 0 unspecified atom stereocenters. The Hall–Kier alpha value is -1.36. The molecule has 1 aliphatic rings. The SMILES string of the molecule is C[C@@H]1CCCC[C@H]1NC(=O)c1cccc(S(C)(=O)=O)c1. The summed E-state index contributed by atoms with van der Waals surface area (Å²) in [5.74, 6) is 0.292. The van der Waals surface area contributed by atoms with Crippen LogP contribution in [0.25, 0.3) is 0 Å². The molecule has 2 rings (SSSR count). The van der Waals surface area contributed by atoms with Crippen molar-refractivity contribution >= 4 is 15.7 Å². The summed E-state index contributed by atoms with van der Waals surface area (Å²) in [6.45, 7) is 2.15. The summed E-state index contributed by atoms with van der Waals surface area (Å²) in [6, 6.07) is 6.40. The molecule has 1 aromatic carbocycles. The summed E-state index contributed by atoms with van der Waals surface area (Å²) in [4.78, 5) is 12.4. The van der Waals surface area contributed by atoms with Crippen LogP contribution in [0.4, 0.5) is 0 Å². The molecule has 0 spiro atoms. The number of carbonyl (C=O) groups is 1. The summed E-state index contributed by atoms with van der Waals surface area (Å²) in [5.41, 5.74) is 0.408. The number of hydrogen-bond acceptors (Lipinski definition) is 3. The summed E-state index contributed by atoms with van der Waals surface area (Å²) in [5, 5.41) is 3.03. The second kappa shape index (κ2) is 5.95. The van der Waals surface area contributed by atoms with Gasteiger partial charge in [-0.3, -0.25) is 4.79 Å². The van der Waals surface area contributed by atoms with Gasteiger partial charge in [-0.1, -0.05) is 25.8 Å². The fraction of sp³-hybridized carbons (Fsp3) is 0.533. The van der Waals surface area contributed by atoms with Gasteiger partial charge < -0.3 is 5.32 Å². The predicted octanol–water partition coefficient (Wildman–Crippen LogP) is 2.40. The third-order valence-electron chi connectivity index (χ3n) is 3.95. The number of hydrogen-bond donors (Lipinski definition) is 1. The lowest BCUT2D eigenvalue weighted by molar-refractivity contribution is 0.0910. The molecule has 1 saturated carbocycles. The molecule has 1 aliphatic carbocycles. The Balaban J connectivity index is 2.13. The van der Waals surface area contributed by atoms with Gasteiger partial charge in [0.2, 0.25) is 0 Å². The zero-order valence-electron chi connectivity index (χ0n) is 11.9. The monoisotopic (exact) mass is 295 g/mol. The van der Waals surface area contributed by atoms with Crippen molar-refractivity contribution in [1.29, 1.82) is 0 Å². The first-order valence-corrected chi connectivity index (χ1v) is 8.88. The van der Waals surface area contributed by atoms with Crippen LogP contribution in [0, 0.1) is 5.92 Å². The fourth-order valence-corrected chi connectivity index (χ4v) is 3.32. The third kappa shape index (κ3) is 3.60. The molecule has 1 N–H and O–H groups in total. The number of amides is 1. The van der Waals surface area contributed by atoms with Crippen LogP contribution in [-0.4, -0.2) is 26.6 Å². The topological polar surface area (TPSA) is 63.2 Å². The maximum atomic E-state index is 12.2. The highest BCUT2D eigenvalue weighted by Gasteiger charge is 2.23. The summed E-state index contributed by atoms with van der Waals surface area (Å²) in [7, 11) is -3.28. The molecule has 0 saturated heterocycles. The summed E-state index contributed by atoms with van der Waals surface area (Å²) < 4.78 is 23.0. The Labute approximate surface area is 120 Å². The highest BCUT2D eigenvalue weighted by atomic mass is 32.2. The van der Waals surface area contributed by atoms with Crippen molar-refractivity contribution in [3.05, 3.63) is 29.8 Å². The molecule has 1 fully saturated rings. The Morgan fingerprint density at radius 3 is 2.60 bits per heavy atom. The molecule has 0 aliphatic heterocycles. The molecule has 2 atom stereocenters. The van der Waals surface area contributed by atoms with E-state index in [1.807, 2.05) is 0 Å². The molecular formula is C15H21NO3S. The van der Waals surface area contributed by atoms with Gasteiger partial charge in [0.1, 0.15) is 0 Å². The van der Waals surface area contributed by atoms with Crippen molar-refractivity contribution in [3.63, 3.8) is 0 Å². The van der Waals surface area contributed by atoms with E-state index in [0.717, 1.165) is 25.5 Å². The smallest absolute Gasteiger partial charge is 0.251 e. The highest BCUT2D eigenvalue weighted by Crippen LogP contribution is 2.24. The number of sulfone groups is 1. The Bertz CT molecular complexity index is 595. The van der Waals surface area contributed by atoms with E-state index in [1.165, 1.54) is 18.6 Å². The molecule has 1 aromatic rings. The van der Waals surface area contributed by atoms with Crippen molar-refractivity contribution < 1.29 is 13.2 Å². The molecule has 5 heteroatoms.